The molecule has 4 rings (SSSR count). The Labute approximate surface area is 156 Å². The molecule has 0 unspecified atom stereocenters. The lowest BCUT2D eigenvalue weighted by Gasteiger charge is -2.22. The summed E-state index contributed by atoms with van der Waals surface area (Å²) in [5, 5.41) is 0. The van der Waals surface area contributed by atoms with E-state index in [1.165, 1.54) is 22.6 Å². The molecule has 2 heterocycles. The third kappa shape index (κ3) is 3.28. The SMILES string of the molecule is C[C](C)CN1CC[C@H](C(=O)N2CCc3c(-c4ccccc4)cccc32)C1. The quantitative estimate of drug-likeness (QED) is 0.828. The van der Waals surface area contributed by atoms with Gasteiger partial charge < -0.3 is 9.80 Å². The third-order valence-corrected chi connectivity index (χ3v) is 5.54. The highest BCUT2D eigenvalue weighted by molar-refractivity contribution is 5.98. The monoisotopic (exact) mass is 347 g/mol. The largest absolute Gasteiger partial charge is 0.312 e. The van der Waals surface area contributed by atoms with E-state index in [1.54, 1.807) is 0 Å². The number of hydrogen-bond donors (Lipinski definition) is 0. The summed E-state index contributed by atoms with van der Waals surface area (Å²) in [4.78, 5) is 17.6. The van der Waals surface area contributed by atoms with Gasteiger partial charge in [-0.15, -0.1) is 0 Å². The summed E-state index contributed by atoms with van der Waals surface area (Å²) in [6.07, 6.45) is 1.93. The van der Waals surface area contributed by atoms with Gasteiger partial charge in [-0.05, 0) is 48.1 Å². The van der Waals surface area contributed by atoms with Crippen LogP contribution >= 0.6 is 0 Å². The number of carbonyl (C=O) groups excluding carboxylic acids is 1. The van der Waals surface area contributed by atoms with Gasteiger partial charge in [0.05, 0.1) is 5.92 Å². The van der Waals surface area contributed by atoms with E-state index in [-0.39, 0.29) is 5.92 Å². The summed E-state index contributed by atoms with van der Waals surface area (Å²) in [6.45, 7) is 8.08. The molecule has 1 saturated heterocycles. The molecule has 2 aromatic rings. The Kier molecular flexibility index (Phi) is 4.82. The van der Waals surface area contributed by atoms with E-state index < -0.39 is 0 Å². The Hall–Kier alpha value is -2.13. The summed E-state index contributed by atoms with van der Waals surface area (Å²) in [5.41, 5.74) is 4.94. The van der Waals surface area contributed by atoms with Crippen molar-refractivity contribution in [3.8, 4) is 11.1 Å². The minimum absolute atomic E-state index is 0.140. The van der Waals surface area contributed by atoms with Crippen molar-refractivity contribution >= 4 is 11.6 Å². The summed E-state index contributed by atoms with van der Waals surface area (Å²) in [6, 6.07) is 16.9. The number of benzene rings is 2. The smallest absolute Gasteiger partial charge is 0.231 e. The number of nitrogens with zero attached hydrogens (tertiary/aromatic N) is 2. The van der Waals surface area contributed by atoms with Crippen LogP contribution in [0, 0.1) is 11.8 Å². The highest BCUT2D eigenvalue weighted by Gasteiger charge is 2.35. The average molecular weight is 347 g/mol. The molecule has 135 valence electrons. The van der Waals surface area contributed by atoms with Crippen LogP contribution in [-0.2, 0) is 11.2 Å². The lowest BCUT2D eigenvalue weighted by atomic mass is 9.98. The van der Waals surface area contributed by atoms with Crippen LogP contribution in [0.2, 0.25) is 0 Å². The first-order chi connectivity index (χ1) is 12.6. The van der Waals surface area contributed by atoms with Gasteiger partial charge in [-0.2, -0.15) is 0 Å². The van der Waals surface area contributed by atoms with Crippen LogP contribution in [0.4, 0.5) is 5.69 Å². The molecule has 1 atom stereocenters. The molecule has 2 aliphatic heterocycles. The Balaban J connectivity index is 1.54. The fraction of sp³-hybridized carbons (Fsp3) is 0.391. The molecule has 0 N–H and O–H groups in total. The molecule has 1 radical (unpaired) electrons. The maximum absolute atomic E-state index is 13.2. The molecule has 3 nitrogen and oxygen atoms in total. The number of anilines is 1. The van der Waals surface area contributed by atoms with Crippen molar-refractivity contribution in [2.75, 3.05) is 31.1 Å². The number of carbonyl (C=O) groups is 1. The predicted molar refractivity (Wildman–Crippen MR) is 107 cm³/mol. The second kappa shape index (κ2) is 7.24. The van der Waals surface area contributed by atoms with Gasteiger partial charge in [-0.3, -0.25) is 4.79 Å². The molecule has 0 saturated carbocycles. The Morgan fingerprint density at radius 1 is 1.04 bits per heavy atom. The molecule has 0 bridgehead atoms. The van der Waals surface area contributed by atoms with E-state index >= 15 is 0 Å². The third-order valence-electron chi connectivity index (χ3n) is 5.54. The van der Waals surface area contributed by atoms with Crippen LogP contribution < -0.4 is 4.90 Å². The second-order valence-electron chi connectivity index (χ2n) is 7.84. The first-order valence-corrected chi connectivity index (χ1v) is 9.63. The van der Waals surface area contributed by atoms with Gasteiger partial charge in [0.15, 0.2) is 0 Å². The van der Waals surface area contributed by atoms with Gasteiger partial charge >= 0.3 is 0 Å². The zero-order valence-electron chi connectivity index (χ0n) is 15.7. The highest BCUT2D eigenvalue weighted by Crippen LogP contribution is 2.37. The molecule has 1 amide bonds. The highest BCUT2D eigenvalue weighted by atomic mass is 16.2. The van der Waals surface area contributed by atoms with E-state index in [0.717, 1.165) is 44.7 Å². The van der Waals surface area contributed by atoms with Crippen molar-refractivity contribution in [3.63, 3.8) is 0 Å². The van der Waals surface area contributed by atoms with Crippen molar-refractivity contribution in [2.24, 2.45) is 5.92 Å². The van der Waals surface area contributed by atoms with E-state index in [9.17, 15) is 4.79 Å². The van der Waals surface area contributed by atoms with Crippen molar-refractivity contribution in [2.45, 2.75) is 26.7 Å². The van der Waals surface area contributed by atoms with Gasteiger partial charge in [0, 0.05) is 25.3 Å². The number of likely N-dealkylation sites (tertiary alicyclic amines) is 1. The van der Waals surface area contributed by atoms with Gasteiger partial charge in [-0.1, -0.05) is 56.3 Å². The lowest BCUT2D eigenvalue weighted by molar-refractivity contribution is -0.121. The molecule has 1 fully saturated rings. The number of fused-ring (bicyclic) bond motifs is 1. The zero-order chi connectivity index (χ0) is 18.1. The second-order valence-corrected chi connectivity index (χ2v) is 7.84. The molecule has 2 aromatic carbocycles. The number of hydrogen-bond acceptors (Lipinski definition) is 2. The van der Waals surface area contributed by atoms with Crippen LogP contribution in [0.1, 0.15) is 25.8 Å². The topological polar surface area (TPSA) is 23.6 Å². The molecule has 3 heteroatoms. The fourth-order valence-corrected chi connectivity index (χ4v) is 4.40. The van der Waals surface area contributed by atoms with Crippen molar-refractivity contribution in [1.82, 2.24) is 4.90 Å². The van der Waals surface area contributed by atoms with Crippen LogP contribution in [-0.4, -0.2) is 37.0 Å². The molecular formula is C23H27N2O. The number of amides is 1. The maximum Gasteiger partial charge on any atom is 0.231 e. The molecule has 0 aromatic heterocycles. The van der Waals surface area contributed by atoms with Crippen LogP contribution in [0.25, 0.3) is 11.1 Å². The lowest BCUT2D eigenvalue weighted by Crippen LogP contribution is -2.36. The van der Waals surface area contributed by atoms with E-state index in [0.29, 0.717) is 5.91 Å². The van der Waals surface area contributed by atoms with E-state index in [4.69, 9.17) is 0 Å². The zero-order valence-corrected chi connectivity index (χ0v) is 15.7. The van der Waals surface area contributed by atoms with Crippen molar-refractivity contribution in [1.29, 1.82) is 0 Å². The van der Waals surface area contributed by atoms with E-state index in [2.05, 4.69) is 61.2 Å². The van der Waals surface area contributed by atoms with Crippen molar-refractivity contribution < 1.29 is 4.79 Å². The molecular weight excluding hydrogens is 320 g/mol. The van der Waals surface area contributed by atoms with Gasteiger partial charge in [-0.25, -0.2) is 0 Å². The fourth-order valence-electron chi connectivity index (χ4n) is 4.40. The summed E-state index contributed by atoms with van der Waals surface area (Å²) >= 11 is 0. The first kappa shape index (κ1) is 17.3. The normalized spacial score (nSPS) is 20.0. The molecule has 2 aliphatic rings. The molecule has 0 aliphatic carbocycles. The Morgan fingerprint density at radius 2 is 1.85 bits per heavy atom. The number of rotatable bonds is 4. The minimum atomic E-state index is 0.140. The Bertz CT molecular complexity index is 784. The van der Waals surface area contributed by atoms with Gasteiger partial charge in [0.1, 0.15) is 0 Å². The summed E-state index contributed by atoms with van der Waals surface area (Å²) in [5.74, 6) is 1.86. The van der Waals surface area contributed by atoms with E-state index in [1.807, 2.05) is 11.0 Å². The maximum atomic E-state index is 13.2. The predicted octanol–water partition coefficient (Wildman–Crippen LogP) is 4.18. The van der Waals surface area contributed by atoms with Gasteiger partial charge in [0.25, 0.3) is 0 Å². The Morgan fingerprint density at radius 3 is 2.62 bits per heavy atom. The van der Waals surface area contributed by atoms with Crippen LogP contribution in [0.15, 0.2) is 48.5 Å². The summed E-state index contributed by atoms with van der Waals surface area (Å²) in [7, 11) is 0. The van der Waals surface area contributed by atoms with Crippen molar-refractivity contribution in [3.05, 3.63) is 60.0 Å². The molecule has 26 heavy (non-hydrogen) atoms. The first-order valence-electron chi connectivity index (χ1n) is 9.63. The average Bonchev–Trinajstić information content (AvgIpc) is 3.28. The minimum Gasteiger partial charge on any atom is -0.312 e. The van der Waals surface area contributed by atoms with Gasteiger partial charge in [0.2, 0.25) is 5.91 Å². The molecule has 0 spiro atoms. The van der Waals surface area contributed by atoms with Crippen LogP contribution in [0.5, 0.6) is 0 Å². The van der Waals surface area contributed by atoms with Crippen LogP contribution in [0.3, 0.4) is 0 Å². The standard InChI is InChI=1S/C23H27N2O/c1-17(2)15-24-13-11-19(16-24)23(26)25-14-12-21-20(9-6-10-22(21)25)18-7-4-3-5-8-18/h3-10,19H,11-16H2,1-2H3/t19-/m0/s1. The summed E-state index contributed by atoms with van der Waals surface area (Å²) < 4.78 is 0.